The number of nitrogens with zero attached hydrogens (tertiary/aromatic N) is 4. The maximum atomic E-state index is 12.9. The van der Waals surface area contributed by atoms with Gasteiger partial charge in [0, 0.05) is 71.5 Å². The minimum atomic E-state index is -0.152. The van der Waals surface area contributed by atoms with Crippen LogP contribution < -0.4 is 5.32 Å². The number of carbonyl (C=O) groups is 2. The van der Waals surface area contributed by atoms with Crippen molar-refractivity contribution in [2.75, 3.05) is 46.5 Å². The summed E-state index contributed by atoms with van der Waals surface area (Å²) in [6, 6.07) is 0.225. The molecule has 1 aromatic rings. The summed E-state index contributed by atoms with van der Waals surface area (Å²) in [5, 5.41) is 2.90. The number of likely N-dealkylation sites (tertiary alicyclic amines) is 2. The molecule has 3 fully saturated rings. The molecule has 0 aromatic carbocycles. The van der Waals surface area contributed by atoms with Crippen LogP contribution in [0.4, 0.5) is 0 Å². The van der Waals surface area contributed by atoms with Gasteiger partial charge in [0.25, 0.3) is 0 Å². The molecule has 0 radical (unpaired) electrons. The van der Waals surface area contributed by atoms with Gasteiger partial charge in [-0.15, -0.1) is 0 Å². The Labute approximate surface area is 184 Å². The van der Waals surface area contributed by atoms with Crippen molar-refractivity contribution in [3.05, 3.63) is 18.2 Å². The molecule has 3 saturated heterocycles. The van der Waals surface area contributed by atoms with Crippen molar-refractivity contribution < 1.29 is 19.1 Å². The van der Waals surface area contributed by atoms with E-state index in [0.29, 0.717) is 32.6 Å². The van der Waals surface area contributed by atoms with Crippen LogP contribution in [0.15, 0.2) is 12.5 Å². The Bertz CT molecular complexity index is 763. The molecule has 4 atom stereocenters. The predicted octanol–water partition coefficient (Wildman–Crippen LogP) is 0.401. The van der Waals surface area contributed by atoms with Crippen LogP contribution in [-0.4, -0.2) is 89.8 Å². The van der Waals surface area contributed by atoms with Gasteiger partial charge in [0.05, 0.1) is 37.8 Å². The topological polar surface area (TPSA) is 88.9 Å². The number of amides is 2. The number of hydrogen-bond acceptors (Lipinski definition) is 6. The van der Waals surface area contributed by atoms with Crippen LogP contribution in [-0.2, 0) is 32.7 Å². The van der Waals surface area contributed by atoms with Crippen molar-refractivity contribution in [2.45, 2.75) is 44.4 Å². The molecular formula is C22H35N5O4. The molecular weight excluding hydrogens is 398 g/mol. The van der Waals surface area contributed by atoms with E-state index in [0.717, 1.165) is 44.7 Å². The molecule has 3 aliphatic rings. The molecule has 4 rings (SSSR count). The fraction of sp³-hybridized carbons (Fsp3) is 0.773. The first-order valence-electron chi connectivity index (χ1n) is 11.4. The van der Waals surface area contributed by atoms with E-state index in [9.17, 15) is 9.59 Å². The van der Waals surface area contributed by atoms with Gasteiger partial charge < -0.3 is 24.3 Å². The Balaban J connectivity index is 1.44. The molecule has 0 saturated carbocycles. The second-order valence-corrected chi connectivity index (χ2v) is 9.04. The fourth-order valence-corrected chi connectivity index (χ4v) is 5.41. The predicted molar refractivity (Wildman–Crippen MR) is 114 cm³/mol. The Morgan fingerprint density at radius 3 is 2.81 bits per heavy atom. The van der Waals surface area contributed by atoms with Gasteiger partial charge in [0.2, 0.25) is 11.8 Å². The number of carbonyl (C=O) groups excluding carboxylic acids is 2. The van der Waals surface area contributed by atoms with Crippen LogP contribution in [0.3, 0.4) is 0 Å². The summed E-state index contributed by atoms with van der Waals surface area (Å²) < 4.78 is 13.2. The first-order chi connectivity index (χ1) is 15.1. The molecule has 0 bridgehead atoms. The number of nitrogens with one attached hydrogen (secondary N) is 1. The summed E-state index contributed by atoms with van der Waals surface area (Å²) in [6.45, 7) is 4.98. The number of hydrogen-bond donors (Lipinski definition) is 1. The quantitative estimate of drug-likeness (QED) is 0.567. The van der Waals surface area contributed by atoms with Gasteiger partial charge >= 0.3 is 0 Å². The summed E-state index contributed by atoms with van der Waals surface area (Å²) in [6.07, 6.45) is 6.63. The SMILES string of the molecule is COCCNC(=O)C[C@@H]1OC[C@@H]2[C@H]1[C@H](CC(=O)N1CCCC1)CN2Cc1cncn1C. The van der Waals surface area contributed by atoms with Crippen molar-refractivity contribution >= 4 is 11.8 Å². The fourth-order valence-electron chi connectivity index (χ4n) is 5.41. The van der Waals surface area contributed by atoms with E-state index >= 15 is 0 Å². The zero-order valence-corrected chi connectivity index (χ0v) is 18.7. The average Bonchev–Trinajstić information content (AvgIpc) is 3.52. The second kappa shape index (κ2) is 10.1. The third-order valence-electron chi connectivity index (χ3n) is 7.03. The number of aryl methyl sites for hydroxylation is 1. The van der Waals surface area contributed by atoms with E-state index in [1.54, 1.807) is 7.11 Å². The minimum absolute atomic E-state index is 0.0163. The van der Waals surface area contributed by atoms with Crippen molar-refractivity contribution in [3.8, 4) is 0 Å². The lowest BCUT2D eigenvalue weighted by Gasteiger charge is -2.24. The van der Waals surface area contributed by atoms with E-state index < -0.39 is 0 Å². The Hall–Kier alpha value is -1.97. The van der Waals surface area contributed by atoms with Gasteiger partial charge in [-0.2, -0.15) is 0 Å². The van der Waals surface area contributed by atoms with Crippen LogP contribution in [0.1, 0.15) is 31.4 Å². The lowest BCUT2D eigenvalue weighted by Crippen LogP contribution is -2.37. The molecule has 4 heterocycles. The van der Waals surface area contributed by atoms with Gasteiger partial charge in [-0.1, -0.05) is 0 Å². The van der Waals surface area contributed by atoms with E-state index in [1.165, 1.54) is 0 Å². The zero-order valence-electron chi connectivity index (χ0n) is 18.7. The summed E-state index contributed by atoms with van der Waals surface area (Å²) >= 11 is 0. The molecule has 0 aliphatic carbocycles. The highest BCUT2D eigenvalue weighted by Gasteiger charge is 2.51. The number of ether oxygens (including phenoxy) is 2. The monoisotopic (exact) mass is 433 g/mol. The minimum Gasteiger partial charge on any atom is -0.383 e. The highest BCUT2D eigenvalue weighted by Crippen LogP contribution is 2.42. The van der Waals surface area contributed by atoms with E-state index in [-0.39, 0.29) is 35.8 Å². The second-order valence-electron chi connectivity index (χ2n) is 9.04. The molecule has 1 aromatic heterocycles. The molecule has 9 heteroatoms. The summed E-state index contributed by atoms with van der Waals surface area (Å²) in [5.74, 6) is 0.620. The molecule has 31 heavy (non-hydrogen) atoms. The maximum absolute atomic E-state index is 12.9. The number of fused-ring (bicyclic) bond motifs is 1. The smallest absolute Gasteiger partial charge is 0.222 e. The van der Waals surface area contributed by atoms with Gasteiger partial charge in [-0.25, -0.2) is 4.98 Å². The molecule has 172 valence electrons. The van der Waals surface area contributed by atoms with Crippen molar-refractivity contribution in [3.63, 3.8) is 0 Å². The molecule has 1 N–H and O–H groups in total. The highest BCUT2D eigenvalue weighted by molar-refractivity contribution is 5.77. The van der Waals surface area contributed by atoms with Gasteiger partial charge in [-0.05, 0) is 18.8 Å². The van der Waals surface area contributed by atoms with E-state index in [1.807, 2.05) is 29.0 Å². The van der Waals surface area contributed by atoms with Crippen molar-refractivity contribution in [1.29, 1.82) is 0 Å². The number of methoxy groups -OCH3 is 1. The molecule has 0 unspecified atom stereocenters. The Morgan fingerprint density at radius 1 is 1.29 bits per heavy atom. The largest absolute Gasteiger partial charge is 0.383 e. The van der Waals surface area contributed by atoms with Gasteiger partial charge in [0.1, 0.15) is 0 Å². The van der Waals surface area contributed by atoms with Crippen LogP contribution in [0.2, 0.25) is 0 Å². The summed E-state index contributed by atoms with van der Waals surface area (Å²) in [7, 11) is 3.62. The number of imidazole rings is 1. The van der Waals surface area contributed by atoms with Crippen molar-refractivity contribution in [2.24, 2.45) is 18.9 Å². The average molecular weight is 434 g/mol. The van der Waals surface area contributed by atoms with Gasteiger partial charge in [-0.3, -0.25) is 14.5 Å². The molecule has 0 spiro atoms. The molecule has 9 nitrogen and oxygen atoms in total. The number of aromatic nitrogens is 2. The third-order valence-corrected chi connectivity index (χ3v) is 7.03. The number of rotatable bonds is 9. The third kappa shape index (κ3) is 5.10. The lowest BCUT2D eigenvalue weighted by atomic mass is 9.84. The van der Waals surface area contributed by atoms with Gasteiger partial charge in [0.15, 0.2) is 0 Å². The molecule has 2 amide bonds. The lowest BCUT2D eigenvalue weighted by molar-refractivity contribution is -0.131. The van der Waals surface area contributed by atoms with Crippen LogP contribution in [0.25, 0.3) is 0 Å². The maximum Gasteiger partial charge on any atom is 0.222 e. The highest BCUT2D eigenvalue weighted by atomic mass is 16.5. The van der Waals surface area contributed by atoms with Crippen LogP contribution >= 0.6 is 0 Å². The zero-order chi connectivity index (χ0) is 21.8. The van der Waals surface area contributed by atoms with E-state index in [4.69, 9.17) is 9.47 Å². The van der Waals surface area contributed by atoms with Crippen LogP contribution in [0.5, 0.6) is 0 Å². The summed E-state index contributed by atoms with van der Waals surface area (Å²) in [4.78, 5) is 34.0. The summed E-state index contributed by atoms with van der Waals surface area (Å²) in [5.41, 5.74) is 1.14. The van der Waals surface area contributed by atoms with Crippen LogP contribution in [0, 0.1) is 11.8 Å². The first-order valence-corrected chi connectivity index (χ1v) is 11.4. The molecule has 3 aliphatic heterocycles. The normalized spacial score (nSPS) is 28.3. The standard InChI is InChI=1S/C22H35N5O4/c1-25-15-23-11-17(25)13-27-12-16(9-21(29)26-6-3-4-7-26)22-18(27)14-31-19(22)10-20(28)24-5-8-30-2/h11,15-16,18-19,22H,3-10,12-14H2,1-2H3,(H,24,28)/t16-,18-,19+,22-/m1/s1. The van der Waals surface area contributed by atoms with E-state index in [2.05, 4.69) is 15.2 Å². The first kappa shape index (κ1) is 22.2. The van der Waals surface area contributed by atoms with Crippen molar-refractivity contribution in [1.82, 2.24) is 24.7 Å². The Morgan fingerprint density at radius 2 is 2.10 bits per heavy atom. The Kier molecular flexibility index (Phi) is 7.24.